The zero-order chi connectivity index (χ0) is 12.8. The summed E-state index contributed by atoms with van der Waals surface area (Å²) in [6.07, 6.45) is 0. The number of anilines is 1. The first-order chi connectivity index (χ1) is 8.79. The molecule has 0 saturated carbocycles. The molecule has 0 aliphatic rings. The predicted molar refractivity (Wildman–Crippen MR) is 70.2 cm³/mol. The lowest BCUT2D eigenvalue weighted by molar-refractivity contribution is 0.428. The number of hydrogen-bond donors (Lipinski definition) is 2. The average molecular weight is 246 g/mol. The van der Waals surface area contributed by atoms with Gasteiger partial charge in [-0.25, -0.2) is 0 Å². The van der Waals surface area contributed by atoms with Crippen molar-refractivity contribution >= 4 is 6.01 Å². The minimum Gasteiger partial charge on any atom is -0.406 e. The van der Waals surface area contributed by atoms with Gasteiger partial charge in [-0.3, -0.25) is 0 Å². The molecule has 1 atom stereocenters. The smallest absolute Gasteiger partial charge is 0.315 e. The lowest BCUT2D eigenvalue weighted by atomic mass is 10.2. The Bertz CT molecular complexity index is 469. The summed E-state index contributed by atoms with van der Waals surface area (Å²) in [5.41, 5.74) is 1.18. The van der Waals surface area contributed by atoms with Crippen molar-refractivity contribution in [3.05, 3.63) is 41.8 Å². The van der Waals surface area contributed by atoms with Gasteiger partial charge in [-0.2, -0.15) is 0 Å². The van der Waals surface area contributed by atoms with E-state index in [4.69, 9.17) is 4.42 Å². The van der Waals surface area contributed by atoms with Gasteiger partial charge in [0.2, 0.25) is 5.89 Å². The van der Waals surface area contributed by atoms with Gasteiger partial charge < -0.3 is 15.1 Å². The average Bonchev–Trinajstić information content (AvgIpc) is 2.87. The normalized spacial score (nSPS) is 12.3. The highest BCUT2D eigenvalue weighted by Gasteiger charge is 2.12. The Morgan fingerprint density at radius 1 is 1.22 bits per heavy atom. The van der Waals surface area contributed by atoms with E-state index in [0.717, 1.165) is 6.54 Å². The van der Waals surface area contributed by atoms with Crippen LogP contribution in [0.3, 0.4) is 0 Å². The molecule has 0 amide bonds. The number of nitrogens with zero attached hydrogens (tertiary/aromatic N) is 2. The van der Waals surface area contributed by atoms with Crippen LogP contribution in [0.1, 0.15) is 31.3 Å². The Labute approximate surface area is 107 Å². The molecule has 18 heavy (non-hydrogen) atoms. The van der Waals surface area contributed by atoms with Gasteiger partial charge in [-0.1, -0.05) is 42.4 Å². The Morgan fingerprint density at radius 2 is 2.00 bits per heavy atom. The van der Waals surface area contributed by atoms with E-state index in [1.165, 1.54) is 5.56 Å². The van der Waals surface area contributed by atoms with E-state index in [9.17, 15) is 0 Å². The van der Waals surface area contributed by atoms with Crippen LogP contribution < -0.4 is 10.6 Å². The second-order valence-corrected chi connectivity index (χ2v) is 4.06. The van der Waals surface area contributed by atoms with Crippen LogP contribution in [0, 0.1) is 0 Å². The van der Waals surface area contributed by atoms with Crippen molar-refractivity contribution in [2.45, 2.75) is 26.4 Å². The van der Waals surface area contributed by atoms with Crippen molar-refractivity contribution in [1.82, 2.24) is 15.5 Å². The molecule has 0 saturated heterocycles. The molecule has 0 aliphatic heterocycles. The molecule has 0 aliphatic carbocycles. The summed E-state index contributed by atoms with van der Waals surface area (Å²) in [6, 6.07) is 10.6. The summed E-state index contributed by atoms with van der Waals surface area (Å²) >= 11 is 0. The van der Waals surface area contributed by atoms with Gasteiger partial charge in [0.1, 0.15) is 0 Å². The van der Waals surface area contributed by atoms with Gasteiger partial charge >= 0.3 is 6.01 Å². The molecule has 2 N–H and O–H groups in total. The first-order valence-electron chi connectivity index (χ1n) is 6.14. The number of aromatic nitrogens is 2. The highest BCUT2D eigenvalue weighted by molar-refractivity contribution is 5.23. The second-order valence-electron chi connectivity index (χ2n) is 4.06. The maximum atomic E-state index is 5.52. The quantitative estimate of drug-likeness (QED) is 0.819. The third kappa shape index (κ3) is 3.30. The second kappa shape index (κ2) is 6.16. The van der Waals surface area contributed by atoms with Gasteiger partial charge in [-0.15, -0.1) is 5.10 Å². The van der Waals surface area contributed by atoms with Gasteiger partial charge in [0.25, 0.3) is 0 Å². The van der Waals surface area contributed by atoms with E-state index in [0.29, 0.717) is 18.5 Å². The highest BCUT2D eigenvalue weighted by atomic mass is 16.4. The van der Waals surface area contributed by atoms with Gasteiger partial charge in [0.15, 0.2) is 0 Å². The van der Waals surface area contributed by atoms with E-state index in [1.54, 1.807) is 0 Å². The minimum absolute atomic E-state index is 0.0785. The van der Waals surface area contributed by atoms with Crippen LogP contribution in [0.5, 0.6) is 0 Å². The molecule has 2 aromatic rings. The Balaban J connectivity index is 1.91. The van der Waals surface area contributed by atoms with E-state index >= 15 is 0 Å². The molecule has 1 unspecified atom stereocenters. The fraction of sp³-hybridized carbons (Fsp3) is 0.385. The lowest BCUT2D eigenvalue weighted by Gasteiger charge is -2.06. The first-order valence-corrected chi connectivity index (χ1v) is 6.14. The van der Waals surface area contributed by atoms with Crippen LogP contribution in [-0.4, -0.2) is 16.7 Å². The Morgan fingerprint density at radius 3 is 2.72 bits per heavy atom. The summed E-state index contributed by atoms with van der Waals surface area (Å²) in [6.45, 7) is 5.59. The van der Waals surface area contributed by atoms with Crippen LogP contribution in [-0.2, 0) is 6.54 Å². The van der Waals surface area contributed by atoms with E-state index in [2.05, 4.69) is 20.8 Å². The summed E-state index contributed by atoms with van der Waals surface area (Å²) < 4.78 is 5.52. The molecule has 1 aromatic heterocycles. The van der Waals surface area contributed by atoms with E-state index in [1.807, 2.05) is 44.2 Å². The zero-order valence-corrected chi connectivity index (χ0v) is 10.7. The molecule has 0 spiro atoms. The van der Waals surface area contributed by atoms with Crippen molar-refractivity contribution in [1.29, 1.82) is 0 Å². The van der Waals surface area contributed by atoms with Crippen molar-refractivity contribution in [3.63, 3.8) is 0 Å². The Hall–Kier alpha value is -1.88. The third-order valence-corrected chi connectivity index (χ3v) is 2.61. The predicted octanol–water partition coefficient (Wildman–Crippen LogP) is 2.35. The largest absolute Gasteiger partial charge is 0.406 e. The highest BCUT2D eigenvalue weighted by Crippen LogP contribution is 2.14. The molecule has 2 rings (SSSR count). The van der Waals surface area contributed by atoms with Crippen molar-refractivity contribution in [2.75, 3.05) is 11.9 Å². The fourth-order valence-corrected chi connectivity index (χ4v) is 1.65. The van der Waals surface area contributed by atoms with Crippen LogP contribution in [0.25, 0.3) is 0 Å². The minimum atomic E-state index is 0.0785. The molecule has 0 radical (unpaired) electrons. The van der Waals surface area contributed by atoms with Crippen LogP contribution in [0.4, 0.5) is 6.01 Å². The maximum absolute atomic E-state index is 5.52. The molecule has 0 bridgehead atoms. The molecule has 5 nitrogen and oxygen atoms in total. The van der Waals surface area contributed by atoms with Gasteiger partial charge in [-0.05, 0) is 19.0 Å². The molecular formula is C13H18N4O. The molecule has 1 heterocycles. The van der Waals surface area contributed by atoms with Crippen LogP contribution >= 0.6 is 0 Å². The van der Waals surface area contributed by atoms with E-state index < -0.39 is 0 Å². The fourth-order valence-electron chi connectivity index (χ4n) is 1.65. The molecule has 0 fully saturated rings. The number of nitrogens with one attached hydrogen (secondary N) is 2. The van der Waals surface area contributed by atoms with Crippen molar-refractivity contribution in [2.24, 2.45) is 0 Å². The molecule has 96 valence electrons. The molecular weight excluding hydrogens is 228 g/mol. The number of benzene rings is 1. The van der Waals surface area contributed by atoms with Crippen LogP contribution in [0.15, 0.2) is 34.7 Å². The third-order valence-electron chi connectivity index (χ3n) is 2.61. The topological polar surface area (TPSA) is 63.0 Å². The van der Waals surface area contributed by atoms with Crippen molar-refractivity contribution < 1.29 is 4.42 Å². The standard InChI is InChI=1S/C13H18N4O/c1-3-14-10(2)12-16-17-13(18-12)15-9-11-7-5-4-6-8-11/h4-8,10,14H,3,9H2,1-2H3,(H,15,17). The summed E-state index contributed by atoms with van der Waals surface area (Å²) in [5, 5.41) is 14.3. The number of rotatable bonds is 6. The summed E-state index contributed by atoms with van der Waals surface area (Å²) in [5.74, 6) is 0.604. The Kier molecular flexibility index (Phi) is 4.30. The zero-order valence-electron chi connectivity index (χ0n) is 10.7. The maximum Gasteiger partial charge on any atom is 0.315 e. The summed E-state index contributed by atoms with van der Waals surface area (Å²) in [4.78, 5) is 0. The summed E-state index contributed by atoms with van der Waals surface area (Å²) in [7, 11) is 0. The lowest BCUT2D eigenvalue weighted by Crippen LogP contribution is -2.17. The van der Waals surface area contributed by atoms with E-state index in [-0.39, 0.29) is 6.04 Å². The number of hydrogen-bond acceptors (Lipinski definition) is 5. The van der Waals surface area contributed by atoms with Gasteiger partial charge in [0.05, 0.1) is 6.04 Å². The molecule has 5 heteroatoms. The molecule has 1 aromatic carbocycles. The SMILES string of the molecule is CCNC(C)c1nnc(NCc2ccccc2)o1. The first kappa shape index (κ1) is 12.6. The monoisotopic (exact) mass is 246 g/mol. The van der Waals surface area contributed by atoms with Crippen molar-refractivity contribution in [3.8, 4) is 0 Å². The van der Waals surface area contributed by atoms with Crippen LogP contribution in [0.2, 0.25) is 0 Å². The van der Waals surface area contributed by atoms with Gasteiger partial charge in [0, 0.05) is 6.54 Å².